The van der Waals surface area contributed by atoms with Gasteiger partial charge in [0, 0.05) is 30.4 Å². The van der Waals surface area contributed by atoms with E-state index in [4.69, 9.17) is 18.9 Å². The largest absolute Gasteiger partial charge is 0.477 e. The number of carbonyl (C=O) groups excluding carboxylic acids is 2. The van der Waals surface area contributed by atoms with Crippen LogP contribution in [0.1, 0.15) is 61.0 Å². The molecule has 3 aromatic heterocycles. The molecule has 5 heterocycles. The molecule has 2 saturated heterocycles. The predicted octanol–water partition coefficient (Wildman–Crippen LogP) is 3.40. The van der Waals surface area contributed by atoms with Crippen LogP contribution in [-0.4, -0.2) is 78.5 Å². The Morgan fingerprint density at radius 2 is 1.83 bits per heavy atom. The topological polar surface area (TPSA) is 201 Å². The van der Waals surface area contributed by atoms with E-state index in [1.54, 1.807) is 22.8 Å². The van der Waals surface area contributed by atoms with Crippen LogP contribution in [0.15, 0.2) is 55.2 Å². The smallest absolute Gasteiger partial charge is 0.341 e. The molecule has 1 saturated carbocycles. The van der Waals surface area contributed by atoms with Gasteiger partial charge in [-0.3, -0.25) is 14.7 Å². The van der Waals surface area contributed by atoms with Crippen LogP contribution in [0.2, 0.25) is 0 Å². The minimum absolute atomic E-state index is 0.0607. The second-order valence-corrected chi connectivity index (χ2v) is 11.5. The lowest BCUT2D eigenvalue weighted by atomic mass is 10.1. The summed E-state index contributed by atoms with van der Waals surface area (Å²) in [5, 5.41) is 18.1. The first-order valence-electron chi connectivity index (χ1n) is 15.2. The summed E-state index contributed by atoms with van der Waals surface area (Å²) >= 11 is 0. The van der Waals surface area contributed by atoms with E-state index in [-0.39, 0.29) is 41.8 Å². The van der Waals surface area contributed by atoms with E-state index in [1.165, 1.54) is 37.9 Å². The van der Waals surface area contributed by atoms with Crippen molar-refractivity contribution in [3.8, 4) is 5.88 Å². The van der Waals surface area contributed by atoms with Crippen molar-refractivity contribution in [1.29, 1.82) is 0 Å². The molecule has 0 radical (unpaired) electrons. The summed E-state index contributed by atoms with van der Waals surface area (Å²) in [6, 6.07) is 9.78. The molecule has 1 aromatic carbocycles. The maximum absolute atomic E-state index is 12.7. The van der Waals surface area contributed by atoms with Crippen LogP contribution in [0.4, 0.5) is 16.3 Å². The van der Waals surface area contributed by atoms with Crippen molar-refractivity contribution >= 4 is 40.6 Å². The molecule has 7 rings (SSSR count). The van der Waals surface area contributed by atoms with Gasteiger partial charge >= 0.3 is 12.0 Å². The van der Waals surface area contributed by atoms with Crippen molar-refractivity contribution in [3.63, 3.8) is 0 Å². The fourth-order valence-corrected chi connectivity index (χ4v) is 6.17. The van der Waals surface area contributed by atoms with E-state index >= 15 is 0 Å². The number of rotatable bonds is 9. The molecular weight excluding hydrogens is 612 g/mol. The molecule has 3 fully saturated rings. The van der Waals surface area contributed by atoms with Gasteiger partial charge in [0.2, 0.25) is 11.8 Å². The number of fused-ring (bicyclic) bond motifs is 2. The van der Waals surface area contributed by atoms with Crippen LogP contribution >= 0.6 is 0 Å². The lowest BCUT2D eigenvalue weighted by Crippen LogP contribution is -2.36. The molecule has 0 bridgehead atoms. The van der Waals surface area contributed by atoms with Gasteiger partial charge in [-0.15, -0.1) is 0 Å². The minimum atomic E-state index is -1.18. The molecule has 3 aliphatic rings. The molecule has 1 aliphatic carbocycles. The molecule has 2 aliphatic heterocycles. The third-order valence-electron chi connectivity index (χ3n) is 8.27. The fourth-order valence-electron chi connectivity index (χ4n) is 6.17. The number of pyridine rings is 1. The number of nitrogens with zero attached hydrogens (tertiary/aromatic N) is 5. The fraction of sp³-hybridized carbons (Fsp3) is 0.387. The van der Waals surface area contributed by atoms with E-state index < -0.39 is 36.8 Å². The van der Waals surface area contributed by atoms with Crippen molar-refractivity contribution in [2.24, 2.45) is 0 Å². The van der Waals surface area contributed by atoms with Gasteiger partial charge in [0.1, 0.15) is 36.8 Å². The van der Waals surface area contributed by atoms with Crippen LogP contribution in [0.25, 0.3) is 11.2 Å². The van der Waals surface area contributed by atoms with Gasteiger partial charge in [0.05, 0.1) is 6.33 Å². The zero-order chi connectivity index (χ0) is 32.5. The second kappa shape index (κ2) is 12.9. The molecule has 16 nitrogen and oxygen atoms in total. The van der Waals surface area contributed by atoms with Crippen molar-refractivity contribution in [1.82, 2.24) is 29.8 Å². The number of aromatic carboxylic acids is 1. The Bertz CT molecular complexity index is 1810. The van der Waals surface area contributed by atoms with Crippen molar-refractivity contribution in [2.75, 3.05) is 17.2 Å². The van der Waals surface area contributed by atoms with Crippen LogP contribution < -0.4 is 20.7 Å². The summed E-state index contributed by atoms with van der Waals surface area (Å²) in [5.74, 6) is -1.21. The molecule has 244 valence electrons. The van der Waals surface area contributed by atoms with E-state index in [9.17, 15) is 19.5 Å². The summed E-state index contributed by atoms with van der Waals surface area (Å²) in [6.07, 6.45) is 4.62. The zero-order valence-electron chi connectivity index (χ0n) is 25.2. The van der Waals surface area contributed by atoms with Gasteiger partial charge < -0.3 is 34.7 Å². The molecule has 0 spiro atoms. The van der Waals surface area contributed by atoms with Gasteiger partial charge in [-0.2, -0.15) is 0 Å². The molecule has 47 heavy (non-hydrogen) atoms. The van der Waals surface area contributed by atoms with Crippen LogP contribution in [0.5, 0.6) is 5.88 Å². The standard InChI is InChI=1S/C31H32N8O8/c1-16(40)36-19-9-4-6-17(12-19)30-46-23-21(13-44-27-20(29(41)42)10-5-11-32-27)45-28(24(23)47-30)39-15-35-22-25(33-14-34-26(22)39)38-31(43)37-18-7-2-3-8-18/h4-6,9-12,14-15,18,21,23-24,28,30H,2-3,7-8,13H2,1H3,(H,36,40)(H,41,42)(H2,33,34,37,38,43). The number of urea groups is 1. The number of benzene rings is 1. The average molecular weight is 645 g/mol. The summed E-state index contributed by atoms with van der Waals surface area (Å²) in [7, 11) is 0. The quantitative estimate of drug-likeness (QED) is 0.207. The minimum Gasteiger partial charge on any atom is -0.477 e. The number of anilines is 2. The summed E-state index contributed by atoms with van der Waals surface area (Å²) < 4.78 is 26.8. The van der Waals surface area contributed by atoms with Gasteiger partial charge in [-0.1, -0.05) is 25.0 Å². The van der Waals surface area contributed by atoms with E-state index in [0.717, 1.165) is 25.7 Å². The van der Waals surface area contributed by atoms with Gasteiger partial charge in [0.15, 0.2) is 29.5 Å². The highest BCUT2D eigenvalue weighted by atomic mass is 16.8. The number of hydrogen-bond donors (Lipinski definition) is 4. The maximum atomic E-state index is 12.7. The lowest BCUT2D eigenvalue weighted by molar-refractivity contribution is -0.152. The first kappa shape index (κ1) is 30.5. The monoisotopic (exact) mass is 644 g/mol. The van der Waals surface area contributed by atoms with E-state index in [1.807, 2.05) is 6.07 Å². The molecule has 5 atom stereocenters. The number of nitrogens with one attached hydrogen (secondary N) is 3. The zero-order valence-corrected chi connectivity index (χ0v) is 25.2. The normalized spacial score (nSPS) is 23.8. The number of carboxylic acids is 1. The van der Waals surface area contributed by atoms with E-state index in [0.29, 0.717) is 22.4 Å². The third-order valence-corrected chi connectivity index (χ3v) is 8.27. The number of carbonyl (C=O) groups is 3. The molecular formula is C31H32N8O8. The highest BCUT2D eigenvalue weighted by molar-refractivity contribution is 5.96. The molecule has 4 N–H and O–H groups in total. The molecule has 4 aromatic rings. The van der Waals surface area contributed by atoms with Crippen LogP contribution in [0.3, 0.4) is 0 Å². The first-order chi connectivity index (χ1) is 22.8. The number of ether oxygens (including phenoxy) is 4. The van der Waals surface area contributed by atoms with Crippen molar-refractivity contribution in [3.05, 3.63) is 66.4 Å². The summed E-state index contributed by atoms with van der Waals surface area (Å²) in [6.45, 7) is 1.32. The first-order valence-corrected chi connectivity index (χ1v) is 15.2. The van der Waals surface area contributed by atoms with Crippen LogP contribution in [0, 0.1) is 0 Å². The molecule has 16 heteroatoms. The van der Waals surface area contributed by atoms with Crippen molar-refractivity contribution in [2.45, 2.75) is 69.5 Å². The Balaban J connectivity index is 1.16. The van der Waals surface area contributed by atoms with Crippen molar-refractivity contribution < 1.29 is 38.4 Å². The molecule has 3 amide bonds. The molecule has 5 unspecified atom stereocenters. The number of carboxylic acid groups (broad SMARTS) is 1. The third kappa shape index (κ3) is 6.30. The summed E-state index contributed by atoms with van der Waals surface area (Å²) in [4.78, 5) is 53.4. The Kier molecular flexibility index (Phi) is 8.36. The van der Waals surface area contributed by atoms with Gasteiger partial charge in [0.25, 0.3) is 0 Å². The lowest BCUT2D eigenvalue weighted by Gasteiger charge is -2.22. The Morgan fingerprint density at radius 1 is 1.00 bits per heavy atom. The predicted molar refractivity (Wildman–Crippen MR) is 164 cm³/mol. The highest BCUT2D eigenvalue weighted by Gasteiger charge is 2.54. The second-order valence-electron chi connectivity index (χ2n) is 11.5. The maximum Gasteiger partial charge on any atom is 0.341 e. The number of aromatic nitrogens is 5. The highest BCUT2D eigenvalue weighted by Crippen LogP contribution is 2.45. The Labute approximate surface area is 267 Å². The Hall–Kier alpha value is -5.19. The van der Waals surface area contributed by atoms with E-state index in [2.05, 4.69) is 35.9 Å². The average Bonchev–Trinajstić information content (AvgIpc) is 3.85. The number of hydrogen-bond acceptors (Lipinski definition) is 11. The number of imidazole rings is 1. The Morgan fingerprint density at radius 3 is 2.64 bits per heavy atom. The van der Waals surface area contributed by atoms with Gasteiger partial charge in [-0.25, -0.2) is 29.5 Å². The number of amides is 3. The summed E-state index contributed by atoms with van der Waals surface area (Å²) in [5.41, 5.74) is 1.90. The van der Waals surface area contributed by atoms with Gasteiger partial charge in [-0.05, 0) is 37.1 Å². The van der Waals surface area contributed by atoms with Crippen LogP contribution in [-0.2, 0) is 19.0 Å². The SMILES string of the molecule is CC(=O)Nc1cccc(C2OC3C(COc4ncccc4C(=O)O)OC(n4cnc5c(NC(=O)NC6CCCC6)ncnc54)C3O2)c1.